The Morgan fingerprint density at radius 3 is 3.00 bits per heavy atom. The highest BCUT2D eigenvalue weighted by molar-refractivity contribution is 7.99. The fraction of sp³-hybridized carbons (Fsp3) is 0.571. The maximum atomic E-state index is 5.98. The zero-order chi connectivity index (χ0) is 12.3. The van der Waals surface area contributed by atoms with Crippen LogP contribution in [0.15, 0.2) is 24.3 Å². The van der Waals surface area contributed by atoms with Crippen LogP contribution < -0.4 is 5.32 Å². The molecule has 1 saturated heterocycles. The van der Waals surface area contributed by atoms with Gasteiger partial charge in [-0.1, -0.05) is 37.6 Å². The third kappa shape index (κ3) is 4.20. The third-order valence-corrected chi connectivity index (χ3v) is 4.95. The van der Waals surface area contributed by atoms with Gasteiger partial charge in [0.1, 0.15) is 0 Å². The van der Waals surface area contributed by atoms with E-state index in [9.17, 15) is 0 Å². The molecule has 1 fully saturated rings. The molecule has 2 rings (SSSR count). The lowest BCUT2D eigenvalue weighted by Crippen LogP contribution is -2.39. The fourth-order valence-electron chi connectivity index (χ4n) is 2.30. The van der Waals surface area contributed by atoms with Gasteiger partial charge in [-0.3, -0.25) is 0 Å². The average Bonchev–Trinajstić information content (AvgIpc) is 2.25. The van der Waals surface area contributed by atoms with Crippen molar-refractivity contribution in [2.75, 3.05) is 11.5 Å². The van der Waals surface area contributed by atoms with Crippen LogP contribution in [0.25, 0.3) is 0 Å². The van der Waals surface area contributed by atoms with Crippen molar-refractivity contribution < 1.29 is 0 Å². The van der Waals surface area contributed by atoms with E-state index in [0.717, 1.165) is 11.6 Å². The largest absolute Gasteiger partial charge is 0.309 e. The summed E-state index contributed by atoms with van der Waals surface area (Å²) in [7, 11) is 0. The van der Waals surface area contributed by atoms with E-state index in [-0.39, 0.29) is 0 Å². The van der Waals surface area contributed by atoms with Crippen LogP contribution in [-0.4, -0.2) is 17.5 Å². The summed E-state index contributed by atoms with van der Waals surface area (Å²) in [6.45, 7) is 5.63. The topological polar surface area (TPSA) is 12.0 Å². The highest BCUT2D eigenvalue weighted by Crippen LogP contribution is 2.33. The molecule has 0 amide bonds. The van der Waals surface area contributed by atoms with E-state index < -0.39 is 0 Å². The maximum Gasteiger partial charge on any atom is 0.0409 e. The molecule has 0 spiro atoms. The minimum absolute atomic E-state index is 0.467. The summed E-state index contributed by atoms with van der Waals surface area (Å²) in [5, 5.41) is 4.46. The second kappa shape index (κ2) is 5.64. The Morgan fingerprint density at radius 2 is 2.29 bits per heavy atom. The van der Waals surface area contributed by atoms with Crippen molar-refractivity contribution in [2.45, 2.75) is 32.9 Å². The molecular weight excluding hydrogens is 250 g/mol. The standard InChI is InChI=1S/C14H20ClNS/c1-14(2)7-13(9-17-10-14)16-8-11-4-3-5-12(15)6-11/h3-6,13,16H,7-10H2,1-2H3. The van der Waals surface area contributed by atoms with Gasteiger partial charge in [0.15, 0.2) is 0 Å². The predicted molar refractivity (Wildman–Crippen MR) is 77.8 cm³/mol. The van der Waals surface area contributed by atoms with Crippen LogP contribution in [0.2, 0.25) is 5.02 Å². The summed E-state index contributed by atoms with van der Waals surface area (Å²) in [5.74, 6) is 2.51. The van der Waals surface area contributed by atoms with Crippen LogP contribution in [0.1, 0.15) is 25.8 Å². The normalized spacial score (nSPS) is 23.6. The van der Waals surface area contributed by atoms with Crippen molar-refractivity contribution in [1.29, 1.82) is 0 Å². The van der Waals surface area contributed by atoms with Crippen LogP contribution in [0, 0.1) is 5.41 Å². The smallest absolute Gasteiger partial charge is 0.0409 e. The molecule has 1 aromatic carbocycles. The second-order valence-electron chi connectivity index (χ2n) is 5.59. The first-order valence-corrected chi connectivity index (χ1v) is 7.64. The summed E-state index contributed by atoms with van der Waals surface area (Å²) in [6.07, 6.45) is 1.26. The molecule has 1 aliphatic rings. The Kier molecular flexibility index (Phi) is 4.40. The first-order valence-electron chi connectivity index (χ1n) is 6.11. The van der Waals surface area contributed by atoms with E-state index in [2.05, 4.69) is 37.0 Å². The van der Waals surface area contributed by atoms with Crippen molar-refractivity contribution in [3.05, 3.63) is 34.9 Å². The molecule has 0 radical (unpaired) electrons. The molecule has 94 valence electrons. The van der Waals surface area contributed by atoms with Crippen molar-refractivity contribution in [3.63, 3.8) is 0 Å². The van der Waals surface area contributed by atoms with Gasteiger partial charge in [-0.05, 0) is 35.3 Å². The van der Waals surface area contributed by atoms with Gasteiger partial charge in [0.25, 0.3) is 0 Å². The summed E-state index contributed by atoms with van der Waals surface area (Å²) >= 11 is 8.04. The molecule has 0 aromatic heterocycles. The highest BCUT2D eigenvalue weighted by atomic mass is 35.5. The maximum absolute atomic E-state index is 5.98. The third-order valence-electron chi connectivity index (χ3n) is 3.09. The number of nitrogens with one attached hydrogen (secondary N) is 1. The van der Waals surface area contributed by atoms with Crippen molar-refractivity contribution in [2.24, 2.45) is 5.41 Å². The molecule has 3 heteroatoms. The van der Waals surface area contributed by atoms with E-state index in [1.54, 1.807) is 0 Å². The Bertz CT molecular complexity index is 378. The van der Waals surface area contributed by atoms with E-state index in [0.29, 0.717) is 11.5 Å². The van der Waals surface area contributed by atoms with Gasteiger partial charge >= 0.3 is 0 Å². The molecule has 0 saturated carbocycles. The molecule has 1 nitrogen and oxygen atoms in total. The van der Waals surface area contributed by atoms with Gasteiger partial charge in [-0.15, -0.1) is 0 Å². The van der Waals surface area contributed by atoms with Crippen molar-refractivity contribution in [1.82, 2.24) is 5.32 Å². The monoisotopic (exact) mass is 269 g/mol. The SMILES string of the molecule is CC1(C)CSCC(NCc2cccc(Cl)c2)C1. The average molecular weight is 270 g/mol. The zero-order valence-corrected chi connectivity index (χ0v) is 12.1. The van der Waals surface area contributed by atoms with Crippen LogP contribution in [0.5, 0.6) is 0 Å². The van der Waals surface area contributed by atoms with Crippen LogP contribution >= 0.6 is 23.4 Å². The summed E-state index contributed by atoms with van der Waals surface area (Å²) in [6, 6.07) is 8.72. The minimum atomic E-state index is 0.467. The highest BCUT2D eigenvalue weighted by Gasteiger charge is 2.27. The summed E-state index contributed by atoms with van der Waals surface area (Å²) < 4.78 is 0. The number of benzene rings is 1. The van der Waals surface area contributed by atoms with Crippen LogP contribution in [0.3, 0.4) is 0 Å². The van der Waals surface area contributed by atoms with Gasteiger partial charge < -0.3 is 5.32 Å². The van der Waals surface area contributed by atoms with E-state index >= 15 is 0 Å². The number of thioether (sulfide) groups is 1. The number of hydrogen-bond donors (Lipinski definition) is 1. The van der Waals surface area contributed by atoms with Gasteiger partial charge in [0.05, 0.1) is 0 Å². The molecular formula is C14H20ClNS. The Labute approximate surface area is 113 Å². The molecule has 1 heterocycles. The van der Waals surface area contributed by atoms with Gasteiger partial charge in [0.2, 0.25) is 0 Å². The van der Waals surface area contributed by atoms with E-state index in [4.69, 9.17) is 11.6 Å². The molecule has 1 unspecified atom stereocenters. The van der Waals surface area contributed by atoms with E-state index in [1.807, 2.05) is 18.2 Å². The molecule has 1 aromatic rings. The number of hydrogen-bond acceptors (Lipinski definition) is 2. The second-order valence-corrected chi connectivity index (χ2v) is 7.06. The molecule has 1 atom stereocenters. The molecule has 1 N–H and O–H groups in total. The first-order chi connectivity index (χ1) is 8.05. The molecule has 1 aliphatic heterocycles. The number of rotatable bonds is 3. The lowest BCUT2D eigenvalue weighted by molar-refractivity contribution is 0.317. The van der Waals surface area contributed by atoms with Crippen molar-refractivity contribution in [3.8, 4) is 0 Å². The molecule has 0 aliphatic carbocycles. The minimum Gasteiger partial charge on any atom is -0.309 e. The van der Waals surface area contributed by atoms with Gasteiger partial charge in [0, 0.05) is 23.4 Å². The Balaban J connectivity index is 1.86. The zero-order valence-electron chi connectivity index (χ0n) is 10.5. The Morgan fingerprint density at radius 1 is 1.47 bits per heavy atom. The Hall–Kier alpha value is -0.180. The molecule has 17 heavy (non-hydrogen) atoms. The quantitative estimate of drug-likeness (QED) is 0.891. The summed E-state index contributed by atoms with van der Waals surface area (Å²) in [5.41, 5.74) is 1.74. The van der Waals surface area contributed by atoms with Crippen molar-refractivity contribution >= 4 is 23.4 Å². The van der Waals surface area contributed by atoms with E-state index in [1.165, 1.54) is 23.5 Å². The van der Waals surface area contributed by atoms with Gasteiger partial charge in [-0.2, -0.15) is 11.8 Å². The number of halogens is 1. The molecule has 0 bridgehead atoms. The van der Waals surface area contributed by atoms with Crippen LogP contribution in [0.4, 0.5) is 0 Å². The lowest BCUT2D eigenvalue weighted by atomic mass is 9.88. The van der Waals surface area contributed by atoms with Gasteiger partial charge in [-0.25, -0.2) is 0 Å². The lowest BCUT2D eigenvalue weighted by Gasteiger charge is -2.35. The summed E-state index contributed by atoms with van der Waals surface area (Å²) in [4.78, 5) is 0. The predicted octanol–water partition coefficient (Wildman–Crippen LogP) is 3.96. The van der Waals surface area contributed by atoms with Crippen LogP contribution in [-0.2, 0) is 6.54 Å². The first kappa shape index (κ1) is 13.3. The fourth-order valence-corrected chi connectivity index (χ4v) is 3.82.